The summed E-state index contributed by atoms with van der Waals surface area (Å²) in [5, 5.41) is 3.71. The average molecular weight is 390 g/mol. The largest absolute Gasteiger partial charge is 0.391 e. The highest BCUT2D eigenvalue weighted by Gasteiger charge is 2.20. The van der Waals surface area contributed by atoms with E-state index in [1.54, 1.807) is 0 Å². The summed E-state index contributed by atoms with van der Waals surface area (Å²) in [5.74, 6) is -2.53. The molecule has 0 atom stereocenters. The summed E-state index contributed by atoms with van der Waals surface area (Å²) in [6.07, 6.45) is -0.859. The monoisotopic (exact) mass is 390 g/mol. The van der Waals surface area contributed by atoms with Crippen molar-refractivity contribution in [1.82, 2.24) is 4.98 Å². The van der Waals surface area contributed by atoms with Gasteiger partial charge in [0.15, 0.2) is 5.83 Å². The molecule has 0 unspecified atom stereocenters. The lowest BCUT2D eigenvalue weighted by molar-refractivity contribution is 0.132. The van der Waals surface area contributed by atoms with Gasteiger partial charge >= 0.3 is 6.08 Å². The molecular weight excluding hydrogens is 377 g/mol. The fourth-order valence-electron chi connectivity index (χ4n) is 1.65. The van der Waals surface area contributed by atoms with Crippen LogP contribution in [0.15, 0.2) is 57.9 Å². The Morgan fingerprint density at radius 2 is 1.96 bits per heavy atom. The smallest absolute Gasteiger partial charge is 0.301 e. The number of rotatable bonds is 8. The molecule has 10 heteroatoms. The van der Waals surface area contributed by atoms with E-state index in [0.29, 0.717) is 4.88 Å². The number of aromatic nitrogens is 1. The fourth-order valence-corrected chi connectivity index (χ4v) is 4.04. The Hall–Kier alpha value is -2.20. The van der Waals surface area contributed by atoms with Gasteiger partial charge in [-0.15, -0.1) is 11.3 Å². The van der Waals surface area contributed by atoms with E-state index < -0.39 is 33.9 Å². The minimum Gasteiger partial charge on any atom is -0.391 e. The van der Waals surface area contributed by atoms with Gasteiger partial charge in [0.05, 0.1) is 16.8 Å². The minimum absolute atomic E-state index is 0.252. The van der Waals surface area contributed by atoms with Gasteiger partial charge in [0.1, 0.15) is 6.61 Å². The number of thiazole rings is 1. The Morgan fingerprint density at radius 1 is 1.24 bits per heavy atom. The lowest BCUT2D eigenvalue weighted by atomic mass is 10.2. The van der Waals surface area contributed by atoms with Crippen LogP contribution in [0.1, 0.15) is 16.9 Å². The molecule has 1 heterocycles. The molecule has 134 valence electrons. The first kappa shape index (κ1) is 19.1. The minimum atomic E-state index is -3.94. The Morgan fingerprint density at radius 3 is 2.64 bits per heavy atom. The summed E-state index contributed by atoms with van der Waals surface area (Å²) in [6.45, 7) is 0.252. The highest BCUT2D eigenvalue weighted by molar-refractivity contribution is 7.93. The number of benzene rings is 1. The number of oxime groups is 1. The first-order valence-corrected chi connectivity index (χ1v) is 9.43. The first-order chi connectivity index (χ1) is 11.9. The van der Waals surface area contributed by atoms with Gasteiger partial charge in [-0.1, -0.05) is 35.5 Å². The topological polar surface area (TPSA) is 68.6 Å². The van der Waals surface area contributed by atoms with E-state index in [4.69, 9.17) is 4.84 Å². The summed E-state index contributed by atoms with van der Waals surface area (Å²) < 4.78 is 60.2. The number of hydrogen-bond donors (Lipinski definition) is 0. The molecule has 2 rings (SSSR count). The van der Waals surface area contributed by atoms with Crippen LogP contribution in [0, 0.1) is 0 Å². The number of allylic oxidation sites excluding steroid dienone is 1. The molecule has 0 N–H and O–H groups in total. The van der Waals surface area contributed by atoms with Crippen molar-refractivity contribution >= 4 is 27.4 Å². The second-order valence-electron chi connectivity index (χ2n) is 4.76. The van der Waals surface area contributed by atoms with E-state index in [9.17, 15) is 21.6 Å². The van der Waals surface area contributed by atoms with E-state index in [2.05, 4.69) is 10.1 Å². The van der Waals surface area contributed by atoms with Gasteiger partial charge in [-0.25, -0.2) is 17.8 Å². The summed E-state index contributed by atoms with van der Waals surface area (Å²) in [6, 6.07) is 9.31. The van der Waals surface area contributed by atoms with Crippen LogP contribution in [0.25, 0.3) is 0 Å². The Balaban J connectivity index is 1.92. The van der Waals surface area contributed by atoms with Gasteiger partial charge in [-0.3, -0.25) is 0 Å². The van der Waals surface area contributed by atoms with E-state index in [-0.39, 0.29) is 10.9 Å². The SMILES string of the molecule is O=S(=O)(CCC(F)=C(F)F)c1ncc(/C=N/OCc2ccccc2)s1. The van der Waals surface area contributed by atoms with E-state index >= 15 is 0 Å². The van der Waals surface area contributed by atoms with Crippen molar-refractivity contribution < 1.29 is 26.4 Å². The van der Waals surface area contributed by atoms with Crippen LogP contribution in [0.3, 0.4) is 0 Å². The Labute approximate surface area is 146 Å². The third-order valence-corrected chi connectivity index (χ3v) is 6.01. The third-order valence-electron chi connectivity index (χ3n) is 2.89. The van der Waals surface area contributed by atoms with Gasteiger partial charge in [0.25, 0.3) is 0 Å². The molecule has 0 spiro atoms. The highest BCUT2D eigenvalue weighted by atomic mass is 32.2. The number of hydrogen-bond acceptors (Lipinski definition) is 6. The molecule has 1 aromatic heterocycles. The molecule has 1 aromatic carbocycles. The van der Waals surface area contributed by atoms with Gasteiger partial charge in [-0.2, -0.15) is 8.78 Å². The predicted octanol–water partition coefficient (Wildman–Crippen LogP) is 3.94. The van der Waals surface area contributed by atoms with Crippen molar-refractivity contribution in [3.05, 3.63) is 58.9 Å². The molecular formula is C15H13F3N2O3S2. The van der Waals surface area contributed by atoms with E-state index in [1.807, 2.05) is 30.3 Å². The molecule has 0 amide bonds. The van der Waals surface area contributed by atoms with Crippen molar-refractivity contribution in [1.29, 1.82) is 0 Å². The molecule has 0 fully saturated rings. The average Bonchev–Trinajstić information content (AvgIpc) is 3.07. The summed E-state index contributed by atoms with van der Waals surface area (Å²) in [4.78, 5) is 9.19. The zero-order chi connectivity index (χ0) is 18.3. The maximum Gasteiger partial charge on any atom is 0.301 e. The van der Waals surface area contributed by atoms with Crippen LogP contribution in [0.5, 0.6) is 0 Å². The van der Waals surface area contributed by atoms with Crippen molar-refractivity contribution in [3.63, 3.8) is 0 Å². The highest BCUT2D eigenvalue weighted by Crippen LogP contribution is 2.21. The van der Waals surface area contributed by atoms with Gasteiger partial charge in [-0.05, 0) is 5.56 Å². The second kappa shape index (κ2) is 8.77. The lowest BCUT2D eigenvalue weighted by Crippen LogP contribution is -2.06. The van der Waals surface area contributed by atoms with Crippen molar-refractivity contribution in [2.24, 2.45) is 5.16 Å². The zero-order valence-electron chi connectivity index (χ0n) is 12.7. The quantitative estimate of drug-likeness (QED) is 0.506. The lowest BCUT2D eigenvalue weighted by Gasteiger charge is -1.98. The maximum absolute atomic E-state index is 12.7. The molecule has 2 aromatic rings. The van der Waals surface area contributed by atoms with Crippen molar-refractivity contribution in [2.75, 3.05) is 5.75 Å². The molecule has 0 aliphatic rings. The Bertz CT molecular complexity index is 861. The van der Waals surface area contributed by atoms with E-state index in [0.717, 1.165) is 16.9 Å². The van der Waals surface area contributed by atoms with Crippen LogP contribution in [0.2, 0.25) is 0 Å². The van der Waals surface area contributed by atoms with Gasteiger partial charge < -0.3 is 4.84 Å². The summed E-state index contributed by atoms with van der Waals surface area (Å²) >= 11 is 0.792. The van der Waals surface area contributed by atoms with E-state index in [1.165, 1.54) is 12.4 Å². The zero-order valence-corrected chi connectivity index (χ0v) is 14.4. The molecule has 0 saturated carbocycles. The van der Waals surface area contributed by atoms with Crippen LogP contribution < -0.4 is 0 Å². The summed E-state index contributed by atoms with van der Waals surface area (Å²) in [7, 11) is -3.94. The van der Waals surface area contributed by atoms with Crippen molar-refractivity contribution in [2.45, 2.75) is 17.4 Å². The normalized spacial score (nSPS) is 11.6. The summed E-state index contributed by atoms with van der Waals surface area (Å²) in [5.41, 5.74) is 0.919. The predicted molar refractivity (Wildman–Crippen MR) is 88.0 cm³/mol. The maximum atomic E-state index is 12.7. The molecule has 25 heavy (non-hydrogen) atoms. The third kappa shape index (κ3) is 5.98. The van der Waals surface area contributed by atoms with Crippen LogP contribution >= 0.6 is 11.3 Å². The molecule has 0 aliphatic carbocycles. The first-order valence-electron chi connectivity index (χ1n) is 6.96. The molecule has 0 aliphatic heterocycles. The second-order valence-corrected chi connectivity index (χ2v) is 8.10. The number of nitrogens with zero attached hydrogens (tertiary/aromatic N) is 2. The molecule has 0 radical (unpaired) electrons. The number of halogens is 3. The van der Waals surface area contributed by atoms with Gasteiger partial charge in [0.2, 0.25) is 14.2 Å². The van der Waals surface area contributed by atoms with Crippen LogP contribution in [-0.4, -0.2) is 25.4 Å². The molecule has 5 nitrogen and oxygen atoms in total. The standard InChI is InChI=1S/C15H13F3N2O3S2/c16-13(14(17)18)6-7-25(21,22)15-19-8-12(24-15)9-20-23-10-11-4-2-1-3-5-11/h1-5,8-9H,6-7,10H2/b20-9+. The number of sulfone groups is 1. The molecule has 0 bridgehead atoms. The van der Waals surface area contributed by atoms with Crippen LogP contribution in [-0.2, 0) is 21.3 Å². The van der Waals surface area contributed by atoms with Crippen molar-refractivity contribution in [3.8, 4) is 0 Å². The molecule has 0 saturated heterocycles. The fraction of sp³-hybridized carbons (Fsp3) is 0.200. The Kier molecular flexibility index (Phi) is 6.71. The van der Waals surface area contributed by atoms with Crippen LogP contribution in [0.4, 0.5) is 13.2 Å². The van der Waals surface area contributed by atoms with Gasteiger partial charge in [0, 0.05) is 12.6 Å².